The highest BCUT2D eigenvalue weighted by Gasteiger charge is 1.98. The summed E-state index contributed by atoms with van der Waals surface area (Å²) in [5.74, 6) is 0.762. The van der Waals surface area contributed by atoms with Gasteiger partial charge in [0, 0.05) is 25.4 Å². The molecule has 1 rings (SSSR count). The van der Waals surface area contributed by atoms with Gasteiger partial charge in [0.05, 0.1) is 11.1 Å². The second-order valence-electron chi connectivity index (χ2n) is 2.23. The minimum absolute atomic E-state index is 0.155. The Morgan fingerprint density at radius 3 is 3.08 bits per heavy atom. The highest BCUT2D eigenvalue weighted by Crippen LogP contribution is 2.22. The lowest BCUT2D eigenvalue weighted by atomic mass is 10.4. The Kier molecular flexibility index (Phi) is 4.04. The Hall–Kier alpha value is -0.610. The molecular formula is C8H10BrNO2. The van der Waals surface area contributed by atoms with Crippen molar-refractivity contribution in [1.29, 1.82) is 0 Å². The van der Waals surface area contributed by atoms with Crippen LogP contribution in [-0.2, 0) is 0 Å². The SMILES string of the molecule is OCCCOc1ccncc1Br. The zero-order valence-corrected chi connectivity index (χ0v) is 8.12. The topological polar surface area (TPSA) is 42.4 Å². The first-order valence-electron chi connectivity index (χ1n) is 3.68. The lowest BCUT2D eigenvalue weighted by Crippen LogP contribution is -2.00. The largest absolute Gasteiger partial charge is 0.492 e. The molecule has 66 valence electrons. The van der Waals surface area contributed by atoms with Crippen LogP contribution < -0.4 is 4.74 Å². The van der Waals surface area contributed by atoms with Crippen LogP contribution in [0.4, 0.5) is 0 Å². The number of hydrogen-bond donors (Lipinski definition) is 1. The summed E-state index contributed by atoms with van der Waals surface area (Å²) in [4.78, 5) is 3.90. The van der Waals surface area contributed by atoms with Crippen molar-refractivity contribution >= 4 is 15.9 Å². The summed E-state index contributed by atoms with van der Waals surface area (Å²) < 4.78 is 6.17. The van der Waals surface area contributed by atoms with Gasteiger partial charge in [-0.15, -0.1) is 0 Å². The predicted molar refractivity (Wildman–Crippen MR) is 49.1 cm³/mol. The minimum Gasteiger partial charge on any atom is -0.492 e. The molecule has 0 aliphatic heterocycles. The quantitative estimate of drug-likeness (QED) is 0.802. The first kappa shape index (κ1) is 9.48. The van der Waals surface area contributed by atoms with E-state index in [9.17, 15) is 0 Å². The lowest BCUT2D eigenvalue weighted by molar-refractivity contribution is 0.233. The molecule has 4 heteroatoms. The summed E-state index contributed by atoms with van der Waals surface area (Å²) in [5, 5.41) is 8.51. The van der Waals surface area contributed by atoms with Gasteiger partial charge in [0.25, 0.3) is 0 Å². The Balaban J connectivity index is 2.46. The number of pyridine rings is 1. The van der Waals surface area contributed by atoms with E-state index in [1.807, 2.05) is 0 Å². The minimum atomic E-state index is 0.155. The molecule has 0 fully saturated rings. The van der Waals surface area contributed by atoms with Gasteiger partial charge in [-0.05, 0) is 22.0 Å². The van der Waals surface area contributed by atoms with Gasteiger partial charge in [-0.1, -0.05) is 0 Å². The average Bonchev–Trinajstić information content (AvgIpc) is 2.09. The Morgan fingerprint density at radius 2 is 2.42 bits per heavy atom. The maximum absolute atomic E-state index is 8.51. The van der Waals surface area contributed by atoms with E-state index in [2.05, 4.69) is 20.9 Å². The summed E-state index contributed by atoms with van der Waals surface area (Å²) in [6, 6.07) is 1.78. The van der Waals surface area contributed by atoms with Crippen molar-refractivity contribution in [2.24, 2.45) is 0 Å². The van der Waals surface area contributed by atoms with Crippen molar-refractivity contribution < 1.29 is 9.84 Å². The molecule has 0 aliphatic rings. The van der Waals surface area contributed by atoms with Crippen LogP contribution in [0.5, 0.6) is 5.75 Å². The molecule has 0 amide bonds. The lowest BCUT2D eigenvalue weighted by Gasteiger charge is -2.05. The molecule has 1 aromatic heterocycles. The third kappa shape index (κ3) is 2.79. The van der Waals surface area contributed by atoms with E-state index in [0.29, 0.717) is 13.0 Å². The molecule has 0 atom stereocenters. The molecule has 0 radical (unpaired) electrons. The van der Waals surface area contributed by atoms with E-state index >= 15 is 0 Å². The van der Waals surface area contributed by atoms with Gasteiger partial charge in [-0.25, -0.2) is 0 Å². The van der Waals surface area contributed by atoms with Crippen molar-refractivity contribution in [2.75, 3.05) is 13.2 Å². The second-order valence-corrected chi connectivity index (χ2v) is 3.09. The molecule has 0 saturated carbocycles. The molecule has 12 heavy (non-hydrogen) atoms. The van der Waals surface area contributed by atoms with Crippen LogP contribution >= 0.6 is 15.9 Å². The van der Waals surface area contributed by atoms with Crippen LogP contribution in [0.2, 0.25) is 0 Å². The van der Waals surface area contributed by atoms with Crippen molar-refractivity contribution in [1.82, 2.24) is 4.98 Å². The first-order chi connectivity index (χ1) is 5.84. The van der Waals surface area contributed by atoms with E-state index in [1.165, 1.54) is 0 Å². The number of hydrogen-bond acceptors (Lipinski definition) is 3. The zero-order valence-electron chi connectivity index (χ0n) is 6.53. The van der Waals surface area contributed by atoms with E-state index in [1.54, 1.807) is 18.5 Å². The Morgan fingerprint density at radius 1 is 1.58 bits per heavy atom. The van der Waals surface area contributed by atoms with Gasteiger partial charge in [-0.2, -0.15) is 0 Å². The molecule has 0 bridgehead atoms. The Labute approximate surface area is 79.5 Å². The fourth-order valence-corrected chi connectivity index (χ4v) is 1.09. The fourth-order valence-electron chi connectivity index (χ4n) is 0.726. The summed E-state index contributed by atoms with van der Waals surface area (Å²) in [7, 11) is 0. The molecule has 0 aliphatic carbocycles. The van der Waals surface area contributed by atoms with Crippen LogP contribution in [0, 0.1) is 0 Å². The maximum Gasteiger partial charge on any atom is 0.136 e. The van der Waals surface area contributed by atoms with Gasteiger partial charge in [0.2, 0.25) is 0 Å². The van der Waals surface area contributed by atoms with Crippen LogP contribution in [0.1, 0.15) is 6.42 Å². The summed E-state index contributed by atoms with van der Waals surface area (Å²) in [6.07, 6.45) is 3.99. The van der Waals surface area contributed by atoms with E-state index in [4.69, 9.17) is 9.84 Å². The standard InChI is InChI=1S/C8H10BrNO2/c9-7-6-10-3-2-8(7)12-5-1-4-11/h2-3,6,11H,1,4-5H2. The third-order valence-electron chi connectivity index (χ3n) is 1.30. The average molecular weight is 232 g/mol. The predicted octanol–water partition coefficient (Wildman–Crippen LogP) is 1.61. The zero-order chi connectivity index (χ0) is 8.81. The molecule has 0 saturated heterocycles. The van der Waals surface area contributed by atoms with Crippen molar-refractivity contribution in [3.05, 3.63) is 22.9 Å². The number of ether oxygens (including phenoxy) is 1. The smallest absolute Gasteiger partial charge is 0.136 e. The van der Waals surface area contributed by atoms with Crippen LogP contribution in [0.15, 0.2) is 22.9 Å². The first-order valence-corrected chi connectivity index (χ1v) is 4.47. The second kappa shape index (κ2) is 5.11. The van der Waals surface area contributed by atoms with Crippen molar-refractivity contribution in [2.45, 2.75) is 6.42 Å². The number of halogens is 1. The fraction of sp³-hybridized carbons (Fsp3) is 0.375. The summed E-state index contributed by atoms with van der Waals surface area (Å²) >= 11 is 3.30. The van der Waals surface area contributed by atoms with Gasteiger partial charge in [-0.3, -0.25) is 4.98 Å². The van der Waals surface area contributed by atoms with Crippen molar-refractivity contribution in [3.63, 3.8) is 0 Å². The van der Waals surface area contributed by atoms with Crippen LogP contribution in [-0.4, -0.2) is 23.3 Å². The molecule has 0 spiro atoms. The summed E-state index contributed by atoms with van der Waals surface area (Å²) in [5.41, 5.74) is 0. The normalized spacial score (nSPS) is 9.83. The maximum atomic E-state index is 8.51. The Bertz CT molecular complexity index is 242. The number of aliphatic hydroxyl groups is 1. The monoisotopic (exact) mass is 231 g/mol. The molecule has 0 unspecified atom stereocenters. The molecular weight excluding hydrogens is 222 g/mol. The van der Waals surface area contributed by atoms with Crippen LogP contribution in [0.25, 0.3) is 0 Å². The van der Waals surface area contributed by atoms with E-state index in [-0.39, 0.29) is 6.61 Å². The van der Waals surface area contributed by atoms with Crippen molar-refractivity contribution in [3.8, 4) is 5.75 Å². The van der Waals surface area contributed by atoms with Gasteiger partial charge >= 0.3 is 0 Å². The molecule has 1 heterocycles. The molecule has 3 nitrogen and oxygen atoms in total. The van der Waals surface area contributed by atoms with E-state index in [0.717, 1.165) is 10.2 Å². The molecule has 1 aromatic rings. The molecule has 1 N–H and O–H groups in total. The van der Waals surface area contributed by atoms with Gasteiger partial charge in [0.1, 0.15) is 5.75 Å². The number of nitrogens with zero attached hydrogens (tertiary/aromatic N) is 1. The van der Waals surface area contributed by atoms with Crippen LogP contribution in [0.3, 0.4) is 0 Å². The number of rotatable bonds is 4. The van der Waals surface area contributed by atoms with E-state index < -0.39 is 0 Å². The number of aromatic nitrogens is 1. The summed E-state index contributed by atoms with van der Waals surface area (Å²) in [6.45, 7) is 0.682. The highest BCUT2D eigenvalue weighted by molar-refractivity contribution is 9.10. The number of aliphatic hydroxyl groups excluding tert-OH is 1. The molecule has 0 aromatic carbocycles. The van der Waals surface area contributed by atoms with Gasteiger partial charge in [0.15, 0.2) is 0 Å². The van der Waals surface area contributed by atoms with Gasteiger partial charge < -0.3 is 9.84 Å². The highest BCUT2D eigenvalue weighted by atomic mass is 79.9. The third-order valence-corrected chi connectivity index (χ3v) is 1.89.